The third kappa shape index (κ3) is 3.65. The van der Waals surface area contributed by atoms with Gasteiger partial charge in [-0.2, -0.15) is 5.26 Å². The highest BCUT2D eigenvalue weighted by Crippen LogP contribution is 2.47. The van der Waals surface area contributed by atoms with E-state index in [0.29, 0.717) is 23.1 Å². The van der Waals surface area contributed by atoms with Crippen LogP contribution in [0.2, 0.25) is 5.02 Å². The Bertz CT molecular complexity index is 906. The lowest BCUT2D eigenvalue weighted by atomic mass is 9.63. The van der Waals surface area contributed by atoms with Crippen LogP contribution in [0.3, 0.4) is 0 Å². The first-order valence-electron chi connectivity index (χ1n) is 9.73. The van der Waals surface area contributed by atoms with E-state index in [1.807, 2.05) is 19.1 Å². The second-order valence-corrected chi connectivity index (χ2v) is 8.12. The topological polar surface area (TPSA) is 82.9 Å². The minimum Gasteiger partial charge on any atom is -0.473 e. The molecule has 1 saturated carbocycles. The first-order valence-corrected chi connectivity index (χ1v) is 10.1. The molecule has 1 atom stereocenters. The van der Waals surface area contributed by atoms with Crippen LogP contribution in [-0.4, -0.2) is 29.2 Å². The summed E-state index contributed by atoms with van der Waals surface area (Å²) in [7, 11) is 0. The second kappa shape index (κ2) is 7.94. The molecular formula is C21H24ClN5O. The molecule has 1 aromatic heterocycles. The molecule has 2 N–H and O–H groups in total. The van der Waals surface area contributed by atoms with Crippen LogP contribution in [-0.2, 0) is 6.42 Å². The number of rotatable bonds is 5. The van der Waals surface area contributed by atoms with Crippen LogP contribution in [0.5, 0.6) is 5.88 Å². The van der Waals surface area contributed by atoms with Crippen LogP contribution in [0.25, 0.3) is 0 Å². The molecule has 6 nitrogen and oxygen atoms in total. The van der Waals surface area contributed by atoms with Gasteiger partial charge in [0.25, 0.3) is 0 Å². The summed E-state index contributed by atoms with van der Waals surface area (Å²) in [4.78, 5) is 8.77. The normalized spacial score (nSPS) is 20.2. The van der Waals surface area contributed by atoms with E-state index in [1.54, 1.807) is 6.07 Å². The maximum absolute atomic E-state index is 8.83. The van der Waals surface area contributed by atoms with Gasteiger partial charge in [0.05, 0.1) is 28.8 Å². The van der Waals surface area contributed by atoms with E-state index in [-0.39, 0.29) is 11.5 Å². The smallest absolute Gasteiger partial charge is 0.221 e. The summed E-state index contributed by atoms with van der Waals surface area (Å²) in [5.74, 6) is 1.31. The van der Waals surface area contributed by atoms with Crippen molar-refractivity contribution in [3.63, 3.8) is 0 Å². The number of benzene rings is 1. The molecule has 4 rings (SSSR count). The highest BCUT2D eigenvalue weighted by molar-refractivity contribution is 6.33. The predicted molar refractivity (Wildman–Crippen MR) is 109 cm³/mol. The van der Waals surface area contributed by atoms with Gasteiger partial charge in [0.15, 0.2) is 0 Å². The summed E-state index contributed by atoms with van der Waals surface area (Å²) in [6, 6.07) is 7.69. The van der Waals surface area contributed by atoms with Gasteiger partial charge in [0.2, 0.25) is 5.88 Å². The van der Waals surface area contributed by atoms with Crippen LogP contribution in [0.15, 0.2) is 24.5 Å². The van der Waals surface area contributed by atoms with Gasteiger partial charge >= 0.3 is 0 Å². The first kappa shape index (κ1) is 19.0. The van der Waals surface area contributed by atoms with E-state index in [1.165, 1.54) is 25.6 Å². The molecule has 7 heteroatoms. The van der Waals surface area contributed by atoms with Gasteiger partial charge in [-0.1, -0.05) is 24.1 Å². The Hall–Kier alpha value is -2.36. The fourth-order valence-corrected chi connectivity index (χ4v) is 4.36. The number of halogens is 1. The molecule has 1 saturated heterocycles. The first-order chi connectivity index (χ1) is 13.6. The minimum absolute atomic E-state index is 0.192. The summed E-state index contributed by atoms with van der Waals surface area (Å²) in [6.07, 6.45) is 6.75. The quantitative estimate of drug-likeness (QED) is 0.788. The van der Waals surface area contributed by atoms with Gasteiger partial charge in [0.1, 0.15) is 18.2 Å². The van der Waals surface area contributed by atoms with Crippen LogP contribution in [0, 0.1) is 23.7 Å². The number of hydrogen-bond acceptors (Lipinski definition) is 6. The van der Waals surface area contributed by atoms with Crippen molar-refractivity contribution < 1.29 is 4.74 Å². The maximum Gasteiger partial charge on any atom is 0.221 e. The molecular weight excluding hydrogens is 374 g/mol. The van der Waals surface area contributed by atoms with Crippen LogP contribution in [0.4, 0.5) is 11.5 Å². The number of ether oxygens (including phenoxy) is 1. The zero-order chi connectivity index (χ0) is 19.6. The summed E-state index contributed by atoms with van der Waals surface area (Å²) in [6.45, 7) is 3.97. The summed E-state index contributed by atoms with van der Waals surface area (Å²) in [5, 5.41) is 16.2. The molecule has 0 bridgehead atoms. The lowest BCUT2D eigenvalue weighted by Crippen LogP contribution is -2.55. The Morgan fingerprint density at radius 2 is 2.25 bits per heavy atom. The average molecular weight is 398 g/mol. The molecule has 2 aromatic rings. The second-order valence-electron chi connectivity index (χ2n) is 7.71. The molecule has 28 heavy (non-hydrogen) atoms. The lowest BCUT2D eigenvalue weighted by Gasteiger charge is -2.50. The zero-order valence-corrected chi connectivity index (χ0v) is 16.7. The monoisotopic (exact) mass is 397 g/mol. The SMILES string of the molecule is Cc1c(Nc2ccc(CC#N)cc2Cl)ncnc1OC1CCNCC12CCC2. The summed E-state index contributed by atoms with van der Waals surface area (Å²) >= 11 is 6.37. The maximum atomic E-state index is 8.83. The van der Waals surface area contributed by atoms with Crippen LogP contribution < -0.4 is 15.4 Å². The Kier molecular flexibility index (Phi) is 5.38. The van der Waals surface area contributed by atoms with Crippen LogP contribution >= 0.6 is 11.6 Å². The number of anilines is 2. The van der Waals surface area contributed by atoms with E-state index in [4.69, 9.17) is 21.6 Å². The Morgan fingerprint density at radius 3 is 2.96 bits per heavy atom. The largest absolute Gasteiger partial charge is 0.473 e. The fourth-order valence-electron chi connectivity index (χ4n) is 4.11. The summed E-state index contributed by atoms with van der Waals surface area (Å²) in [5.41, 5.74) is 2.75. The molecule has 0 amide bonds. The van der Waals surface area contributed by atoms with Crippen molar-refractivity contribution in [1.82, 2.24) is 15.3 Å². The average Bonchev–Trinajstić information content (AvgIpc) is 2.66. The van der Waals surface area contributed by atoms with Crippen LogP contribution in [0.1, 0.15) is 36.8 Å². The van der Waals surface area contributed by atoms with E-state index in [9.17, 15) is 0 Å². The number of nitriles is 1. The standard InChI is InChI=1S/C21H24ClN5O/c1-14-19(27-17-4-3-15(5-9-23)11-16(17)22)25-13-26-20(14)28-18-6-10-24-12-21(18)7-2-8-21/h3-4,11,13,18,24H,2,5-8,10,12H2,1H3,(H,25,26,27). The van der Waals surface area contributed by atoms with Gasteiger partial charge in [-0.05, 0) is 50.4 Å². The molecule has 0 radical (unpaired) electrons. The molecule has 2 fully saturated rings. The number of nitrogens with one attached hydrogen (secondary N) is 2. The number of aromatic nitrogens is 2. The van der Waals surface area contributed by atoms with Gasteiger partial charge in [-0.25, -0.2) is 9.97 Å². The third-order valence-corrected chi connectivity index (χ3v) is 6.27. The van der Waals surface area contributed by atoms with Crippen molar-refractivity contribution in [2.45, 2.75) is 45.1 Å². The van der Waals surface area contributed by atoms with Crippen molar-refractivity contribution in [3.05, 3.63) is 40.7 Å². The number of piperidine rings is 1. The summed E-state index contributed by atoms with van der Waals surface area (Å²) < 4.78 is 6.40. The molecule has 1 unspecified atom stereocenters. The van der Waals surface area contributed by atoms with Gasteiger partial charge in [-0.15, -0.1) is 0 Å². The Labute approximate surface area is 170 Å². The van der Waals surface area contributed by atoms with Crippen molar-refractivity contribution in [2.24, 2.45) is 5.41 Å². The van der Waals surface area contributed by atoms with E-state index >= 15 is 0 Å². The lowest BCUT2D eigenvalue weighted by molar-refractivity contribution is -0.0405. The predicted octanol–water partition coefficient (Wildman–Crippen LogP) is 4.16. The van der Waals surface area contributed by atoms with Crippen molar-refractivity contribution in [3.8, 4) is 11.9 Å². The molecule has 1 aromatic carbocycles. The highest BCUT2D eigenvalue weighted by Gasteiger charge is 2.47. The van der Waals surface area contributed by atoms with Gasteiger partial charge in [-0.3, -0.25) is 0 Å². The molecule has 1 aliphatic heterocycles. The number of nitrogens with zero attached hydrogens (tertiary/aromatic N) is 3. The molecule has 1 aliphatic carbocycles. The van der Waals surface area contributed by atoms with E-state index < -0.39 is 0 Å². The third-order valence-electron chi connectivity index (χ3n) is 5.95. The van der Waals surface area contributed by atoms with Crippen molar-refractivity contribution >= 4 is 23.1 Å². The van der Waals surface area contributed by atoms with E-state index in [2.05, 4.69) is 26.7 Å². The molecule has 2 heterocycles. The highest BCUT2D eigenvalue weighted by atomic mass is 35.5. The van der Waals surface area contributed by atoms with E-state index in [0.717, 1.165) is 36.3 Å². The molecule has 1 spiro atoms. The molecule has 2 aliphatic rings. The Balaban J connectivity index is 1.53. The van der Waals surface area contributed by atoms with Crippen molar-refractivity contribution in [2.75, 3.05) is 18.4 Å². The number of hydrogen-bond donors (Lipinski definition) is 2. The fraction of sp³-hybridized carbons (Fsp3) is 0.476. The Morgan fingerprint density at radius 1 is 1.39 bits per heavy atom. The van der Waals surface area contributed by atoms with Crippen molar-refractivity contribution in [1.29, 1.82) is 5.26 Å². The zero-order valence-electron chi connectivity index (χ0n) is 16.0. The minimum atomic E-state index is 0.192. The molecule has 146 valence electrons. The van der Waals surface area contributed by atoms with Gasteiger partial charge < -0.3 is 15.4 Å². The van der Waals surface area contributed by atoms with Gasteiger partial charge in [0, 0.05) is 12.0 Å².